The molecule has 3 aromatic rings. The monoisotopic (exact) mass is 513 g/mol. The van der Waals surface area contributed by atoms with E-state index in [1.54, 1.807) is 66.7 Å². The summed E-state index contributed by atoms with van der Waals surface area (Å²) in [7, 11) is 2.85. The van der Waals surface area contributed by atoms with Gasteiger partial charge in [0.25, 0.3) is 11.7 Å². The number of fused-ring (bicyclic) bond motifs is 1. The fraction of sp³-hybridized carbons (Fsp3) is 0.233. The van der Waals surface area contributed by atoms with Crippen molar-refractivity contribution in [3.8, 4) is 11.5 Å². The third-order valence-electron chi connectivity index (χ3n) is 6.81. The molecule has 0 aliphatic carbocycles. The molecule has 1 N–H and O–H groups in total. The first-order valence-corrected chi connectivity index (χ1v) is 12.2. The lowest BCUT2D eigenvalue weighted by molar-refractivity contribution is -0.139. The van der Waals surface area contributed by atoms with Gasteiger partial charge in [-0.25, -0.2) is 0 Å². The number of amides is 1. The van der Waals surface area contributed by atoms with Gasteiger partial charge in [-0.3, -0.25) is 19.3 Å². The topological polar surface area (TPSA) is 102 Å². The fourth-order valence-electron chi connectivity index (χ4n) is 4.96. The van der Waals surface area contributed by atoms with Gasteiger partial charge in [-0.15, -0.1) is 0 Å². The van der Waals surface area contributed by atoms with Gasteiger partial charge in [-0.2, -0.15) is 0 Å². The van der Waals surface area contributed by atoms with Crippen LogP contribution >= 0.6 is 0 Å². The molecule has 2 heterocycles. The second-order valence-electron chi connectivity index (χ2n) is 9.32. The Morgan fingerprint density at radius 1 is 1.05 bits per heavy atom. The summed E-state index contributed by atoms with van der Waals surface area (Å²) in [6, 6.07) is 18.1. The number of ether oxygens (including phenoxy) is 3. The molecular weight excluding hydrogens is 486 g/mol. The number of methoxy groups -OCH3 is 2. The van der Waals surface area contributed by atoms with E-state index in [9.17, 15) is 19.5 Å². The number of aliphatic hydroxyl groups is 1. The quantitative estimate of drug-likeness (QED) is 0.226. The Kier molecular flexibility index (Phi) is 6.63. The third-order valence-corrected chi connectivity index (χ3v) is 6.81. The van der Waals surface area contributed by atoms with Gasteiger partial charge in [-0.1, -0.05) is 24.3 Å². The van der Waals surface area contributed by atoms with E-state index in [0.717, 1.165) is 11.3 Å². The standard InChI is InChI=1S/C30H27NO7/c1-17-13-21-15-20(9-12-24(21)38-17)28(33)26-27(19-5-4-6-23(16-19)36-2)31(30(35)29(26)34)22-10-7-18(8-11-22)14-25(32)37-3/h4-12,15-17,27,33H,13-14H2,1-3H3/b28-26-. The van der Waals surface area contributed by atoms with Gasteiger partial charge in [0.05, 0.1) is 32.3 Å². The van der Waals surface area contributed by atoms with Crippen LogP contribution in [0.3, 0.4) is 0 Å². The van der Waals surface area contributed by atoms with Crippen LogP contribution in [-0.4, -0.2) is 43.1 Å². The van der Waals surface area contributed by atoms with Crippen molar-refractivity contribution in [1.82, 2.24) is 0 Å². The predicted molar refractivity (Wildman–Crippen MR) is 140 cm³/mol. The van der Waals surface area contributed by atoms with E-state index >= 15 is 0 Å². The van der Waals surface area contributed by atoms with Crippen LogP contribution in [0.4, 0.5) is 5.69 Å². The Morgan fingerprint density at radius 3 is 2.53 bits per heavy atom. The summed E-state index contributed by atoms with van der Waals surface area (Å²) in [6.45, 7) is 1.96. The molecule has 0 aromatic heterocycles. The number of benzene rings is 3. The third kappa shape index (κ3) is 4.49. The molecular formula is C30H27NO7. The minimum absolute atomic E-state index is 0.0196. The number of carbonyl (C=O) groups excluding carboxylic acids is 3. The van der Waals surface area contributed by atoms with Gasteiger partial charge in [0.15, 0.2) is 0 Å². The summed E-state index contributed by atoms with van der Waals surface area (Å²) >= 11 is 0. The van der Waals surface area contributed by atoms with Gasteiger partial charge >= 0.3 is 5.97 Å². The number of carbonyl (C=O) groups is 3. The second kappa shape index (κ2) is 10.0. The first kappa shape index (κ1) is 25.1. The molecule has 194 valence electrons. The molecule has 8 nitrogen and oxygen atoms in total. The van der Waals surface area contributed by atoms with Crippen molar-refractivity contribution in [3.63, 3.8) is 0 Å². The molecule has 5 rings (SSSR count). The van der Waals surface area contributed by atoms with Crippen LogP contribution in [0.15, 0.2) is 72.3 Å². The van der Waals surface area contributed by atoms with E-state index in [2.05, 4.69) is 0 Å². The Balaban J connectivity index is 1.63. The molecule has 0 saturated carbocycles. The van der Waals surface area contributed by atoms with Crippen molar-refractivity contribution in [2.75, 3.05) is 19.1 Å². The normalized spacial score (nSPS) is 19.7. The zero-order chi connectivity index (χ0) is 27.0. The molecule has 38 heavy (non-hydrogen) atoms. The highest BCUT2D eigenvalue weighted by atomic mass is 16.5. The predicted octanol–water partition coefficient (Wildman–Crippen LogP) is 4.36. The summed E-state index contributed by atoms with van der Waals surface area (Å²) in [5.41, 5.74) is 3.08. The summed E-state index contributed by atoms with van der Waals surface area (Å²) < 4.78 is 15.9. The van der Waals surface area contributed by atoms with E-state index < -0.39 is 17.7 Å². The zero-order valence-electron chi connectivity index (χ0n) is 21.3. The second-order valence-corrected chi connectivity index (χ2v) is 9.32. The highest BCUT2D eigenvalue weighted by Crippen LogP contribution is 2.43. The molecule has 0 radical (unpaired) electrons. The van der Waals surface area contributed by atoms with Crippen LogP contribution in [0.2, 0.25) is 0 Å². The Morgan fingerprint density at radius 2 is 1.82 bits per heavy atom. The molecule has 2 aliphatic rings. The molecule has 0 bridgehead atoms. The Labute approximate surface area is 220 Å². The summed E-state index contributed by atoms with van der Waals surface area (Å²) in [4.78, 5) is 39.9. The summed E-state index contributed by atoms with van der Waals surface area (Å²) in [6.07, 6.45) is 0.782. The lowest BCUT2D eigenvalue weighted by Gasteiger charge is -2.26. The lowest BCUT2D eigenvalue weighted by Crippen LogP contribution is -2.29. The Hall–Kier alpha value is -4.59. The van der Waals surface area contributed by atoms with Gasteiger partial charge < -0.3 is 19.3 Å². The Bertz CT molecular complexity index is 1460. The number of nitrogens with zero attached hydrogens (tertiary/aromatic N) is 1. The largest absolute Gasteiger partial charge is 0.507 e. The molecule has 3 aromatic carbocycles. The zero-order valence-corrected chi connectivity index (χ0v) is 21.3. The summed E-state index contributed by atoms with van der Waals surface area (Å²) in [5.74, 6) is -0.916. The first-order chi connectivity index (χ1) is 18.3. The SMILES string of the molecule is COC(=O)Cc1ccc(N2C(=O)C(=O)/C(=C(\O)c3ccc4c(c3)CC(C)O4)C2c2cccc(OC)c2)cc1. The average Bonchev–Trinajstić information content (AvgIpc) is 3.43. The number of aliphatic hydroxyl groups excluding tert-OH is 1. The highest BCUT2D eigenvalue weighted by molar-refractivity contribution is 6.51. The highest BCUT2D eigenvalue weighted by Gasteiger charge is 2.47. The van der Waals surface area contributed by atoms with E-state index in [-0.39, 0.29) is 29.8 Å². The van der Waals surface area contributed by atoms with Crippen molar-refractivity contribution >= 4 is 29.1 Å². The maximum absolute atomic E-state index is 13.5. The van der Waals surface area contributed by atoms with Crippen LogP contribution in [0, 0.1) is 0 Å². The van der Waals surface area contributed by atoms with E-state index in [1.165, 1.54) is 19.1 Å². The van der Waals surface area contributed by atoms with Gasteiger partial charge in [0.2, 0.25) is 0 Å². The number of rotatable bonds is 6. The average molecular weight is 514 g/mol. The molecule has 8 heteroatoms. The van der Waals surface area contributed by atoms with Crippen LogP contribution in [-0.2, 0) is 32.0 Å². The molecule has 2 aliphatic heterocycles. The van der Waals surface area contributed by atoms with Gasteiger partial charge in [0.1, 0.15) is 23.4 Å². The van der Waals surface area contributed by atoms with E-state index in [0.29, 0.717) is 34.5 Å². The maximum atomic E-state index is 13.5. The molecule has 1 fully saturated rings. The van der Waals surface area contributed by atoms with Crippen LogP contribution < -0.4 is 14.4 Å². The lowest BCUT2D eigenvalue weighted by atomic mass is 9.94. The number of hydrogen-bond acceptors (Lipinski definition) is 7. The van der Waals surface area contributed by atoms with Crippen LogP contribution in [0.1, 0.15) is 35.2 Å². The molecule has 2 unspecified atom stereocenters. The number of anilines is 1. The summed E-state index contributed by atoms with van der Waals surface area (Å²) in [5, 5.41) is 11.5. The minimum Gasteiger partial charge on any atom is -0.507 e. The molecule has 1 saturated heterocycles. The van der Waals surface area contributed by atoms with E-state index in [1.807, 2.05) is 6.92 Å². The number of ketones is 1. The van der Waals surface area contributed by atoms with Crippen LogP contribution in [0.25, 0.3) is 5.76 Å². The van der Waals surface area contributed by atoms with Crippen molar-refractivity contribution < 1.29 is 33.7 Å². The maximum Gasteiger partial charge on any atom is 0.309 e. The number of Topliss-reactive ketones (excluding diaryl/α,β-unsaturated/α-hetero) is 1. The molecule has 0 spiro atoms. The number of esters is 1. The van der Waals surface area contributed by atoms with Gasteiger partial charge in [-0.05, 0) is 66.1 Å². The van der Waals surface area contributed by atoms with Crippen molar-refractivity contribution in [3.05, 3.63) is 94.6 Å². The van der Waals surface area contributed by atoms with Crippen molar-refractivity contribution in [2.45, 2.75) is 31.9 Å². The smallest absolute Gasteiger partial charge is 0.309 e. The van der Waals surface area contributed by atoms with E-state index in [4.69, 9.17) is 14.2 Å². The van der Waals surface area contributed by atoms with Crippen molar-refractivity contribution in [1.29, 1.82) is 0 Å². The molecule has 2 atom stereocenters. The first-order valence-electron chi connectivity index (χ1n) is 12.2. The number of hydrogen-bond donors (Lipinski definition) is 1. The van der Waals surface area contributed by atoms with Crippen LogP contribution in [0.5, 0.6) is 11.5 Å². The van der Waals surface area contributed by atoms with Crippen molar-refractivity contribution in [2.24, 2.45) is 0 Å². The molecule has 1 amide bonds. The fourth-order valence-corrected chi connectivity index (χ4v) is 4.96. The minimum atomic E-state index is -0.903. The van der Waals surface area contributed by atoms with Gasteiger partial charge in [0, 0.05) is 17.7 Å².